The van der Waals surface area contributed by atoms with Gasteiger partial charge in [0.05, 0.1) is 85.5 Å². The number of hydrogen-bond donors (Lipinski definition) is 0. The van der Waals surface area contributed by atoms with Crippen molar-refractivity contribution in [1.82, 2.24) is 0 Å². The Hall–Kier alpha value is -0.280. The van der Waals surface area contributed by atoms with Gasteiger partial charge in [-0.15, -0.1) is 0 Å². The number of hydrogen-bond acceptors (Lipinski definition) is 7. The summed E-state index contributed by atoms with van der Waals surface area (Å²) in [4.78, 5) is 0. The smallest absolute Gasteiger partial charge is 0.0637 e. The fourth-order valence-corrected chi connectivity index (χ4v) is 19.1. The summed E-state index contributed by atoms with van der Waals surface area (Å²) < 4.78 is 53.3. The highest BCUT2D eigenvalue weighted by Gasteiger charge is 2.54. The molecule has 7 nitrogen and oxygen atoms in total. The quantitative estimate of drug-likeness (QED) is 0.252. The summed E-state index contributed by atoms with van der Waals surface area (Å²) in [7, 11) is 0. The first-order valence-electron chi connectivity index (χ1n) is 34.2. The molecule has 0 aromatic rings. The van der Waals surface area contributed by atoms with Crippen LogP contribution in [0, 0.1) is 124 Å². The van der Waals surface area contributed by atoms with Gasteiger partial charge in [-0.2, -0.15) is 0 Å². The van der Waals surface area contributed by atoms with E-state index in [-0.39, 0.29) is 85.5 Å². The Kier molecular flexibility index (Phi) is 21.8. The molecule has 448 valence electrons. The van der Waals surface area contributed by atoms with Gasteiger partial charge < -0.3 is 33.2 Å². The molecular formula is C70H126O7. The minimum absolute atomic E-state index is 0.255. The SMILES string of the molecule is CCC1C[C@@H]2O[C@@H]3C(CC)C[C@H](O[C@@H]4C(CC)C[C@@H](O[C@@H]5C(CC)C[C@H](O[C@@H]6C(CC)C[C@@H](O[C@@H]7C(CC)C[C@@H](O[C@@H]8C(CC)C[C@H](O[C@H]1[C@H](C)C2C)C(C)[C@H]8C)C(C)[C@H]7C)C(C)[C@H]6C)C(C)[C@H]5C)C(C)[C@H]4C)C(C)[C@H]3C. The van der Waals surface area contributed by atoms with Crippen LogP contribution in [0.5, 0.6) is 0 Å². The summed E-state index contributed by atoms with van der Waals surface area (Å²) >= 11 is 0. The molecule has 21 rings (SSSR count). The van der Waals surface area contributed by atoms with Crippen LogP contribution in [0.25, 0.3) is 0 Å². The van der Waals surface area contributed by atoms with Crippen LogP contribution >= 0.6 is 0 Å². The van der Waals surface area contributed by atoms with Gasteiger partial charge >= 0.3 is 0 Å². The first kappa shape index (κ1) is 62.8. The van der Waals surface area contributed by atoms with Gasteiger partial charge in [0.25, 0.3) is 0 Å². The second-order valence-corrected chi connectivity index (χ2v) is 29.8. The van der Waals surface area contributed by atoms with Gasteiger partial charge in [-0.1, -0.05) is 190 Å². The van der Waals surface area contributed by atoms with Crippen molar-refractivity contribution >= 4 is 0 Å². The highest BCUT2D eigenvalue weighted by atomic mass is 16.5. The highest BCUT2D eigenvalue weighted by molar-refractivity contribution is 5.02. The molecule has 0 aromatic carbocycles. The molecule has 0 aromatic heterocycles. The van der Waals surface area contributed by atoms with Crippen LogP contribution in [-0.2, 0) is 33.2 Å². The van der Waals surface area contributed by atoms with Crippen molar-refractivity contribution in [3.05, 3.63) is 0 Å². The minimum Gasteiger partial charge on any atom is -0.374 e. The molecule has 14 aliphatic heterocycles. The molecule has 21 aliphatic rings. The Labute approximate surface area is 476 Å². The Morgan fingerprint density at radius 3 is 0.377 bits per heavy atom. The normalized spacial score (nSPS) is 55.4. The van der Waals surface area contributed by atoms with Crippen molar-refractivity contribution in [2.75, 3.05) is 0 Å². The minimum atomic E-state index is 0.255. The second kappa shape index (κ2) is 26.7. The first-order valence-corrected chi connectivity index (χ1v) is 34.2. The standard InChI is InChI=1S/C70H126O7/c1-22-50-29-57-36(8)43(15)64(50)71-58-30-51(23-2)66(44(16)37(58)9)73-60-32-53(25-4)68(46(18)39(60)11)75-62-34-55(27-6)70(48(20)41(62)13)77-63-35-56(28-7)69(49(21)42(63)14)76-61-33-54(26-5)67(47(19)40(61)12)74-59-31-52(24-3)65(72-57)45(17)38(59)10/h36-70H,22-35H2,1-21H3/t36?,37?,38?,39?,40?,41?,42?,43-,44-,45-,46-,47-,48-,49-,50?,51?,52?,53?,54?,55?,56?,57-,58-,59+,60+,61+,62-,63+,64+,65+,66+,67+,68+,69+,70+/m1/s1. The predicted molar refractivity (Wildman–Crippen MR) is 318 cm³/mol. The third kappa shape index (κ3) is 12.5. The maximum Gasteiger partial charge on any atom is 0.0637 e. The van der Waals surface area contributed by atoms with Crippen LogP contribution in [0.4, 0.5) is 0 Å². The average Bonchev–Trinajstić information content (AvgIpc) is 3.47. The molecule has 0 radical (unpaired) electrons. The van der Waals surface area contributed by atoms with E-state index in [0.717, 1.165) is 89.9 Å². The molecule has 7 heteroatoms. The van der Waals surface area contributed by atoms with Gasteiger partial charge in [0.15, 0.2) is 0 Å². The monoisotopic (exact) mass is 1080 g/mol. The Balaban J connectivity index is 1.08. The lowest BCUT2D eigenvalue weighted by molar-refractivity contribution is -0.224. The predicted octanol–water partition coefficient (Wildman–Crippen LogP) is 17.2. The van der Waals surface area contributed by atoms with E-state index in [1.807, 2.05) is 0 Å². The van der Waals surface area contributed by atoms with E-state index >= 15 is 0 Å². The van der Waals surface area contributed by atoms with Crippen molar-refractivity contribution in [2.45, 2.75) is 321 Å². The fourth-order valence-electron chi connectivity index (χ4n) is 19.1. The third-order valence-corrected chi connectivity index (χ3v) is 26.5. The van der Waals surface area contributed by atoms with Gasteiger partial charge in [0, 0.05) is 0 Å². The molecule has 14 heterocycles. The number of ether oxygens (including phenoxy) is 7. The molecule has 21 fully saturated rings. The summed E-state index contributed by atoms with van der Waals surface area (Å²) in [6.07, 6.45) is 19.3. The van der Waals surface area contributed by atoms with Gasteiger partial charge in [-0.3, -0.25) is 0 Å². The molecule has 7 aliphatic carbocycles. The second-order valence-electron chi connectivity index (χ2n) is 29.8. The first-order chi connectivity index (χ1) is 36.7. The van der Waals surface area contributed by atoms with Crippen LogP contribution in [-0.4, -0.2) is 85.5 Å². The van der Waals surface area contributed by atoms with E-state index in [0.29, 0.717) is 124 Å². The zero-order chi connectivity index (χ0) is 56.1. The van der Waals surface area contributed by atoms with Crippen molar-refractivity contribution in [3.8, 4) is 0 Å². The van der Waals surface area contributed by atoms with Gasteiger partial charge in [-0.25, -0.2) is 0 Å². The molecule has 14 bridgehead atoms. The molecule has 0 spiro atoms. The Morgan fingerprint density at radius 1 is 0.182 bits per heavy atom. The van der Waals surface area contributed by atoms with Crippen LogP contribution in [0.1, 0.15) is 235 Å². The van der Waals surface area contributed by atoms with Crippen molar-refractivity contribution < 1.29 is 33.2 Å². The van der Waals surface area contributed by atoms with Gasteiger partial charge in [0.2, 0.25) is 0 Å². The molecule has 35 atom stereocenters. The summed E-state index contributed by atoms with van der Waals surface area (Å²) in [5, 5.41) is 0. The largest absolute Gasteiger partial charge is 0.374 e. The summed E-state index contributed by atoms with van der Waals surface area (Å²) in [5.74, 6) is 9.62. The Bertz CT molecular complexity index is 1420. The van der Waals surface area contributed by atoms with Crippen LogP contribution in [0.15, 0.2) is 0 Å². The Morgan fingerprint density at radius 2 is 0.286 bits per heavy atom. The molecule has 0 amide bonds. The third-order valence-electron chi connectivity index (χ3n) is 26.5. The van der Waals surface area contributed by atoms with Crippen molar-refractivity contribution in [1.29, 1.82) is 0 Å². The highest BCUT2D eigenvalue weighted by Crippen LogP contribution is 2.52. The molecule has 77 heavy (non-hydrogen) atoms. The molecule has 14 unspecified atom stereocenters. The molecule has 0 N–H and O–H groups in total. The van der Waals surface area contributed by atoms with Crippen LogP contribution < -0.4 is 0 Å². The van der Waals surface area contributed by atoms with E-state index in [2.05, 4.69) is 145 Å². The van der Waals surface area contributed by atoms with Crippen LogP contribution in [0.3, 0.4) is 0 Å². The molecular weight excluding hydrogens is 953 g/mol. The summed E-state index contributed by atoms with van der Waals surface area (Å²) in [6, 6.07) is 0. The lowest BCUT2D eigenvalue weighted by Gasteiger charge is -2.53. The van der Waals surface area contributed by atoms with E-state index in [4.69, 9.17) is 33.2 Å². The van der Waals surface area contributed by atoms with E-state index < -0.39 is 0 Å². The van der Waals surface area contributed by atoms with E-state index in [1.54, 1.807) is 0 Å². The summed E-state index contributed by atoms with van der Waals surface area (Å²) in [6.45, 7) is 52.0. The van der Waals surface area contributed by atoms with Crippen molar-refractivity contribution in [2.24, 2.45) is 124 Å². The van der Waals surface area contributed by atoms with Gasteiger partial charge in [0.1, 0.15) is 0 Å². The zero-order valence-electron chi connectivity index (χ0n) is 54.0. The van der Waals surface area contributed by atoms with Gasteiger partial charge in [-0.05, 0) is 169 Å². The fraction of sp³-hybridized carbons (Fsp3) is 1.00. The summed E-state index contributed by atoms with van der Waals surface area (Å²) in [5.41, 5.74) is 0. The topological polar surface area (TPSA) is 64.6 Å². The van der Waals surface area contributed by atoms with Crippen LogP contribution in [0.2, 0.25) is 0 Å². The maximum atomic E-state index is 7.62. The van der Waals surface area contributed by atoms with Crippen molar-refractivity contribution in [3.63, 3.8) is 0 Å². The zero-order valence-corrected chi connectivity index (χ0v) is 54.0. The van der Waals surface area contributed by atoms with E-state index in [1.165, 1.54) is 0 Å². The maximum absolute atomic E-state index is 7.62. The molecule has 14 saturated heterocycles. The lowest BCUT2D eigenvalue weighted by atomic mass is 9.67. The molecule has 7 saturated carbocycles. The number of rotatable bonds is 7. The lowest BCUT2D eigenvalue weighted by Crippen LogP contribution is -2.55. The average molecular weight is 1080 g/mol. The van der Waals surface area contributed by atoms with E-state index in [9.17, 15) is 0 Å².